The third-order valence-corrected chi connectivity index (χ3v) is 4.43. The molecule has 0 saturated carbocycles. The lowest BCUT2D eigenvalue weighted by Crippen LogP contribution is -1.99. The van der Waals surface area contributed by atoms with Crippen molar-refractivity contribution in [1.82, 2.24) is 0 Å². The maximum atomic E-state index is 6.63. The van der Waals surface area contributed by atoms with Gasteiger partial charge in [-0.25, -0.2) is 0 Å². The molecule has 0 aliphatic carbocycles. The van der Waals surface area contributed by atoms with Crippen molar-refractivity contribution >= 4 is 43.5 Å². The molecule has 1 atom stereocenters. The molecule has 0 heterocycles. The quantitative estimate of drug-likeness (QED) is 0.583. The summed E-state index contributed by atoms with van der Waals surface area (Å²) in [5, 5.41) is -0.236. The maximum absolute atomic E-state index is 6.63. The normalized spacial score (nSPS) is 12.3. The highest BCUT2D eigenvalue weighted by molar-refractivity contribution is 9.10. The van der Waals surface area contributed by atoms with Crippen molar-refractivity contribution in [2.45, 2.75) is 12.3 Å². The highest BCUT2D eigenvalue weighted by Gasteiger charge is 2.18. The second kappa shape index (κ2) is 6.29. The van der Waals surface area contributed by atoms with Crippen LogP contribution in [-0.2, 0) is 0 Å². The SMILES string of the molecule is COc1ccc(Br)cc1C(Cl)c1ccc(Br)cc1C. The van der Waals surface area contributed by atoms with Crippen LogP contribution in [0.25, 0.3) is 0 Å². The topological polar surface area (TPSA) is 9.23 Å². The second-order valence-corrected chi connectivity index (χ2v) is 6.52. The highest BCUT2D eigenvalue weighted by Crippen LogP contribution is 2.38. The minimum absolute atomic E-state index is 0.236. The first kappa shape index (κ1) is 14.9. The second-order valence-electron chi connectivity index (χ2n) is 4.25. The molecule has 0 N–H and O–H groups in total. The summed E-state index contributed by atoms with van der Waals surface area (Å²) in [5.41, 5.74) is 3.20. The van der Waals surface area contributed by atoms with Crippen molar-refractivity contribution in [2.75, 3.05) is 7.11 Å². The standard InChI is InChI=1S/C15H13Br2ClO/c1-9-7-10(16)3-5-12(9)15(18)13-8-11(17)4-6-14(13)19-2/h3-8,15H,1-2H3. The molecule has 0 bridgehead atoms. The number of halogens is 3. The van der Waals surface area contributed by atoms with Crippen molar-refractivity contribution in [1.29, 1.82) is 0 Å². The molecule has 1 nitrogen and oxygen atoms in total. The Hall–Kier alpha value is -0.510. The van der Waals surface area contributed by atoms with E-state index < -0.39 is 0 Å². The lowest BCUT2D eigenvalue weighted by atomic mass is 9.99. The van der Waals surface area contributed by atoms with Gasteiger partial charge >= 0.3 is 0 Å². The summed E-state index contributed by atoms with van der Waals surface area (Å²) in [7, 11) is 1.66. The molecule has 2 rings (SSSR count). The minimum atomic E-state index is -0.236. The first-order valence-electron chi connectivity index (χ1n) is 5.76. The Bertz CT molecular complexity index is 599. The van der Waals surface area contributed by atoms with Crippen molar-refractivity contribution < 1.29 is 4.74 Å². The molecular weight excluding hydrogens is 391 g/mol. The van der Waals surface area contributed by atoms with Gasteiger partial charge < -0.3 is 4.74 Å². The number of hydrogen-bond acceptors (Lipinski definition) is 1. The maximum Gasteiger partial charge on any atom is 0.123 e. The molecule has 2 aromatic carbocycles. The van der Waals surface area contributed by atoms with Gasteiger partial charge in [0, 0.05) is 14.5 Å². The highest BCUT2D eigenvalue weighted by atomic mass is 79.9. The molecule has 100 valence electrons. The van der Waals surface area contributed by atoms with Gasteiger partial charge in [0.25, 0.3) is 0 Å². The molecule has 4 heteroatoms. The van der Waals surface area contributed by atoms with Gasteiger partial charge in [0.05, 0.1) is 12.5 Å². The third kappa shape index (κ3) is 3.33. The van der Waals surface area contributed by atoms with Gasteiger partial charge in [-0.2, -0.15) is 0 Å². The van der Waals surface area contributed by atoms with E-state index in [0.29, 0.717) is 0 Å². The number of ether oxygens (including phenoxy) is 1. The molecule has 1 unspecified atom stereocenters. The zero-order chi connectivity index (χ0) is 14.0. The molecule has 0 radical (unpaired) electrons. The van der Waals surface area contributed by atoms with Crippen molar-refractivity contribution in [2.24, 2.45) is 0 Å². The molecule has 0 aliphatic rings. The average molecular weight is 405 g/mol. The molecule has 0 fully saturated rings. The van der Waals surface area contributed by atoms with Crippen LogP contribution in [0.2, 0.25) is 0 Å². The van der Waals surface area contributed by atoms with Crippen LogP contribution in [0.4, 0.5) is 0 Å². The zero-order valence-electron chi connectivity index (χ0n) is 10.6. The van der Waals surface area contributed by atoms with E-state index >= 15 is 0 Å². The third-order valence-electron chi connectivity index (χ3n) is 2.97. The number of hydrogen-bond donors (Lipinski definition) is 0. The lowest BCUT2D eigenvalue weighted by Gasteiger charge is -2.17. The van der Waals surface area contributed by atoms with Crippen LogP contribution in [-0.4, -0.2) is 7.11 Å². The van der Waals surface area contributed by atoms with Crippen molar-refractivity contribution in [3.63, 3.8) is 0 Å². The monoisotopic (exact) mass is 402 g/mol. The summed E-state index contributed by atoms with van der Waals surface area (Å²) in [6.07, 6.45) is 0. The van der Waals surface area contributed by atoms with Gasteiger partial charge in [-0.1, -0.05) is 37.9 Å². The Morgan fingerprint density at radius 2 is 1.63 bits per heavy atom. The molecule has 0 saturated heterocycles. The minimum Gasteiger partial charge on any atom is -0.496 e. The van der Waals surface area contributed by atoms with Crippen LogP contribution < -0.4 is 4.74 Å². The average Bonchev–Trinajstić information content (AvgIpc) is 2.38. The number of methoxy groups -OCH3 is 1. The van der Waals surface area contributed by atoms with E-state index in [9.17, 15) is 0 Å². The fraction of sp³-hybridized carbons (Fsp3) is 0.200. The summed E-state index contributed by atoms with van der Waals surface area (Å²) >= 11 is 13.6. The van der Waals surface area contributed by atoms with Gasteiger partial charge in [0.15, 0.2) is 0 Å². The fourth-order valence-corrected chi connectivity index (χ4v) is 3.26. The van der Waals surface area contributed by atoms with Crippen LogP contribution in [0, 0.1) is 6.92 Å². The predicted octanol–water partition coefficient (Wildman–Crippen LogP) is 5.86. The van der Waals surface area contributed by atoms with Gasteiger partial charge in [-0.05, 0) is 48.4 Å². The van der Waals surface area contributed by atoms with E-state index in [1.54, 1.807) is 7.11 Å². The van der Waals surface area contributed by atoms with Gasteiger partial charge in [-0.3, -0.25) is 0 Å². The predicted molar refractivity (Wildman–Crippen MR) is 87.3 cm³/mol. The Labute approximate surface area is 135 Å². The Kier molecular flexibility index (Phi) is 4.93. The molecule has 0 aromatic heterocycles. The summed E-state index contributed by atoms with van der Waals surface area (Å²) in [6.45, 7) is 2.06. The first-order valence-corrected chi connectivity index (χ1v) is 7.78. The van der Waals surface area contributed by atoms with Crippen LogP contribution in [0.15, 0.2) is 45.3 Å². The first-order chi connectivity index (χ1) is 9.02. The largest absolute Gasteiger partial charge is 0.496 e. The molecule has 0 amide bonds. The van der Waals surface area contributed by atoms with E-state index in [2.05, 4.69) is 44.8 Å². The number of benzene rings is 2. The summed E-state index contributed by atoms with van der Waals surface area (Å²) in [5.74, 6) is 0.797. The zero-order valence-corrected chi connectivity index (χ0v) is 14.5. The molecule has 19 heavy (non-hydrogen) atoms. The Morgan fingerprint density at radius 3 is 2.26 bits per heavy atom. The molecule has 0 aliphatic heterocycles. The van der Waals surface area contributed by atoms with Gasteiger partial charge in [-0.15, -0.1) is 11.6 Å². The van der Waals surface area contributed by atoms with Gasteiger partial charge in [0.1, 0.15) is 5.75 Å². The number of alkyl halides is 1. The molecule has 2 aromatic rings. The van der Waals surface area contributed by atoms with E-state index in [4.69, 9.17) is 16.3 Å². The van der Waals surface area contributed by atoms with Crippen LogP contribution >= 0.6 is 43.5 Å². The van der Waals surface area contributed by atoms with E-state index in [0.717, 1.165) is 31.4 Å². The Balaban J connectivity index is 2.49. The fourth-order valence-electron chi connectivity index (χ4n) is 1.99. The van der Waals surface area contributed by atoms with Crippen LogP contribution in [0.1, 0.15) is 22.1 Å². The van der Waals surface area contributed by atoms with E-state index in [1.165, 1.54) is 0 Å². The number of aryl methyl sites for hydroxylation is 1. The van der Waals surface area contributed by atoms with Crippen molar-refractivity contribution in [3.05, 3.63) is 62.0 Å². The molecular formula is C15H13Br2ClO. The molecule has 0 spiro atoms. The summed E-state index contributed by atoms with van der Waals surface area (Å²) in [4.78, 5) is 0. The summed E-state index contributed by atoms with van der Waals surface area (Å²) < 4.78 is 7.44. The Morgan fingerprint density at radius 1 is 1.00 bits per heavy atom. The van der Waals surface area contributed by atoms with E-state index in [1.807, 2.05) is 30.3 Å². The number of rotatable bonds is 3. The van der Waals surface area contributed by atoms with E-state index in [-0.39, 0.29) is 5.38 Å². The smallest absolute Gasteiger partial charge is 0.123 e. The van der Waals surface area contributed by atoms with Crippen LogP contribution in [0.5, 0.6) is 5.75 Å². The lowest BCUT2D eigenvalue weighted by molar-refractivity contribution is 0.410. The van der Waals surface area contributed by atoms with Gasteiger partial charge in [0.2, 0.25) is 0 Å². The van der Waals surface area contributed by atoms with Crippen molar-refractivity contribution in [3.8, 4) is 5.75 Å². The summed E-state index contributed by atoms with van der Waals surface area (Å²) in [6, 6.07) is 12.0. The van der Waals surface area contributed by atoms with Crippen LogP contribution in [0.3, 0.4) is 0 Å².